The number of benzene rings is 1. The Bertz CT molecular complexity index is 476. The number of anilines is 1. The van der Waals surface area contributed by atoms with Crippen LogP contribution in [-0.4, -0.2) is 26.7 Å². The topological polar surface area (TPSA) is 15.3 Å². The van der Waals surface area contributed by atoms with Gasteiger partial charge in [-0.25, -0.2) is 0 Å². The van der Waals surface area contributed by atoms with Crippen molar-refractivity contribution in [2.24, 2.45) is 5.92 Å². The number of piperidine rings is 1. The highest BCUT2D eigenvalue weighted by molar-refractivity contribution is 5.55. The standard InChI is InChI=1S/C19H30N2/c1-14-15(2)19-13-16(21-11-5-4-6-12-21)7-8-18(19)17(14)9-10-20-3/h7-8,13-15,17,20H,4-6,9-12H2,1-3H3/t14-,15?,17?/m1/s1. The van der Waals surface area contributed by atoms with Crippen LogP contribution < -0.4 is 10.2 Å². The highest BCUT2D eigenvalue weighted by Gasteiger charge is 2.35. The molecule has 2 aliphatic rings. The molecule has 21 heavy (non-hydrogen) atoms. The monoisotopic (exact) mass is 286 g/mol. The Labute approximate surface area is 129 Å². The number of hydrogen-bond acceptors (Lipinski definition) is 2. The van der Waals surface area contributed by atoms with E-state index in [9.17, 15) is 0 Å². The molecule has 3 atom stereocenters. The fourth-order valence-corrected chi connectivity index (χ4v) is 4.28. The first kappa shape index (κ1) is 14.9. The average Bonchev–Trinajstić information content (AvgIpc) is 2.77. The van der Waals surface area contributed by atoms with E-state index in [1.807, 2.05) is 0 Å². The van der Waals surface area contributed by atoms with Crippen molar-refractivity contribution in [2.45, 2.75) is 51.4 Å². The maximum Gasteiger partial charge on any atom is 0.0369 e. The first-order valence-electron chi connectivity index (χ1n) is 8.75. The van der Waals surface area contributed by atoms with Gasteiger partial charge in [0.05, 0.1) is 0 Å². The van der Waals surface area contributed by atoms with Gasteiger partial charge in [0, 0.05) is 18.8 Å². The van der Waals surface area contributed by atoms with Crippen molar-refractivity contribution in [3.8, 4) is 0 Å². The summed E-state index contributed by atoms with van der Waals surface area (Å²) in [6, 6.07) is 7.31. The van der Waals surface area contributed by atoms with Crippen LogP contribution in [0.5, 0.6) is 0 Å². The van der Waals surface area contributed by atoms with E-state index in [4.69, 9.17) is 0 Å². The largest absolute Gasteiger partial charge is 0.372 e. The third-order valence-electron chi connectivity index (χ3n) is 5.81. The van der Waals surface area contributed by atoms with Gasteiger partial charge in [0.15, 0.2) is 0 Å². The molecule has 0 amide bonds. The van der Waals surface area contributed by atoms with Crippen molar-refractivity contribution in [3.05, 3.63) is 29.3 Å². The maximum absolute atomic E-state index is 3.32. The van der Waals surface area contributed by atoms with E-state index in [1.165, 1.54) is 44.5 Å². The average molecular weight is 286 g/mol. The Morgan fingerprint density at radius 2 is 1.86 bits per heavy atom. The molecule has 0 saturated carbocycles. The van der Waals surface area contributed by atoms with E-state index in [-0.39, 0.29) is 0 Å². The Morgan fingerprint density at radius 3 is 2.57 bits per heavy atom. The second-order valence-electron chi connectivity index (χ2n) is 7.01. The van der Waals surface area contributed by atoms with Gasteiger partial charge in [0.2, 0.25) is 0 Å². The lowest BCUT2D eigenvalue weighted by Crippen LogP contribution is -2.29. The molecule has 2 nitrogen and oxygen atoms in total. The minimum Gasteiger partial charge on any atom is -0.372 e. The molecular formula is C19H30N2. The second-order valence-corrected chi connectivity index (χ2v) is 7.01. The van der Waals surface area contributed by atoms with Gasteiger partial charge in [-0.05, 0) is 80.3 Å². The van der Waals surface area contributed by atoms with Gasteiger partial charge in [0.1, 0.15) is 0 Å². The molecule has 0 aromatic heterocycles. The molecule has 0 spiro atoms. The molecule has 1 fully saturated rings. The van der Waals surface area contributed by atoms with E-state index in [0.717, 1.165) is 18.4 Å². The lowest BCUT2D eigenvalue weighted by molar-refractivity contribution is 0.417. The lowest BCUT2D eigenvalue weighted by Gasteiger charge is -2.29. The van der Waals surface area contributed by atoms with Crippen LogP contribution >= 0.6 is 0 Å². The third kappa shape index (κ3) is 2.83. The van der Waals surface area contributed by atoms with Crippen LogP contribution in [0.25, 0.3) is 0 Å². The quantitative estimate of drug-likeness (QED) is 0.895. The SMILES string of the molecule is CNCCC1c2ccc(N3CCCCC3)cc2C(C)[C@H]1C. The molecule has 1 aromatic rings. The Kier molecular flexibility index (Phi) is 4.54. The fraction of sp³-hybridized carbons (Fsp3) is 0.684. The number of nitrogens with one attached hydrogen (secondary N) is 1. The van der Waals surface area contributed by atoms with E-state index >= 15 is 0 Å². The minimum absolute atomic E-state index is 0.701. The number of hydrogen-bond donors (Lipinski definition) is 1. The first-order valence-corrected chi connectivity index (χ1v) is 8.75. The zero-order chi connectivity index (χ0) is 14.8. The molecule has 1 aromatic carbocycles. The van der Waals surface area contributed by atoms with Crippen molar-refractivity contribution in [3.63, 3.8) is 0 Å². The molecule has 1 aliphatic carbocycles. The van der Waals surface area contributed by atoms with Crippen molar-refractivity contribution in [1.82, 2.24) is 5.32 Å². The second kappa shape index (κ2) is 6.39. The van der Waals surface area contributed by atoms with Crippen LogP contribution in [0.2, 0.25) is 0 Å². The Morgan fingerprint density at radius 1 is 1.10 bits per heavy atom. The van der Waals surface area contributed by atoms with Gasteiger partial charge in [-0.1, -0.05) is 19.9 Å². The van der Waals surface area contributed by atoms with E-state index in [0.29, 0.717) is 5.92 Å². The summed E-state index contributed by atoms with van der Waals surface area (Å²) in [5.41, 5.74) is 4.69. The number of fused-ring (bicyclic) bond motifs is 1. The zero-order valence-corrected chi connectivity index (χ0v) is 13.9. The Hall–Kier alpha value is -1.02. The highest BCUT2D eigenvalue weighted by atomic mass is 15.1. The van der Waals surface area contributed by atoms with Crippen LogP contribution in [0.4, 0.5) is 5.69 Å². The van der Waals surface area contributed by atoms with Gasteiger partial charge < -0.3 is 10.2 Å². The van der Waals surface area contributed by atoms with E-state index in [2.05, 4.69) is 49.3 Å². The summed E-state index contributed by atoms with van der Waals surface area (Å²) in [6.07, 6.45) is 5.38. The summed E-state index contributed by atoms with van der Waals surface area (Å²) < 4.78 is 0. The minimum atomic E-state index is 0.701. The van der Waals surface area contributed by atoms with Gasteiger partial charge in [-0.15, -0.1) is 0 Å². The molecule has 1 saturated heterocycles. The van der Waals surface area contributed by atoms with E-state index < -0.39 is 0 Å². The number of rotatable bonds is 4. The van der Waals surface area contributed by atoms with Crippen molar-refractivity contribution < 1.29 is 0 Å². The van der Waals surface area contributed by atoms with Crippen molar-refractivity contribution in [2.75, 3.05) is 31.6 Å². The van der Waals surface area contributed by atoms with Crippen LogP contribution in [0, 0.1) is 5.92 Å². The summed E-state index contributed by atoms with van der Waals surface area (Å²) in [4.78, 5) is 2.59. The van der Waals surface area contributed by atoms with Gasteiger partial charge in [0.25, 0.3) is 0 Å². The first-order chi connectivity index (χ1) is 10.2. The van der Waals surface area contributed by atoms with E-state index in [1.54, 1.807) is 11.1 Å². The summed E-state index contributed by atoms with van der Waals surface area (Å²) in [7, 11) is 2.06. The fourth-order valence-electron chi connectivity index (χ4n) is 4.28. The number of nitrogens with zero attached hydrogens (tertiary/aromatic N) is 1. The highest BCUT2D eigenvalue weighted by Crippen LogP contribution is 2.48. The third-order valence-corrected chi connectivity index (χ3v) is 5.81. The van der Waals surface area contributed by atoms with Crippen LogP contribution in [0.3, 0.4) is 0 Å². The molecule has 1 N–H and O–H groups in total. The normalized spacial score (nSPS) is 28.7. The summed E-state index contributed by atoms with van der Waals surface area (Å²) in [6.45, 7) is 8.46. The van der Waals surface area contributed by atoms with Crippen molar-refractivity contribution >= 4 is 5.69 Å². The predicted octanol–water partition coefficient (Wildman–Crippen LogP) is 4.12. The molecule has 116 valence electrons. The van der Waals surface area contributed by atoms with Gasteiger partial charge in [-0.2, -0.15) is 0 Å². The van der Waals surface area contributed by atoms with Crippen LogP contribution in [0.15, 0.2) is 18.2 Å². The summed E-state index contributed by atoms with van der Waals surface area (Å²) >= 11 is 0. The maximum atomic E-state index is 3.32. The molecule has 2 unspecified atom stereocenters. The lowest BCUT2D eigenvalue weighted by atomic mass is 9.87. The molecule has 3 rings (SSSR count). The predicted molar refractivity (Wildman–Crippen MR) is 91.4 cm³/mol. The van der Waals surface area contributed by atoms with Crippen LogP contribution in [-0.2, 0) is 0 Å². The molecule has 0 radical (unpaired) electrons. The molecule has 0 bridgehead atoms. The summed E-state index contributed by atoms with van der Waals surface area (Å²) in [5.74, 6) is 2.20. The summed E-state index contributed by atoms with van der Waals surface area (Å²) in [5, 5.41) is 3.32. The smallest absolute Gasteiger partial charge is 0.0369 e. The Balaban J connectivity index is 1.84. The van der Waals surface area contributed by atoms with Crippen LogP contribution in [0.1, 0.15) is 62.5 Å². The van der Waals surface area contributed by atoms with Crippen molar-refractivity contribution in [1.29, 1.82) is 0 Å². The molecule has 1 aliphatic heterocycles. The molecular weight excluding hydrogens is 256 g/mol. The van der Waals surface area contributed by atoms with Gasteiger partial charge in [-0.3, -0.25) is 0 Å². The van der Waals surface area contributed by atoms with Gasteiger partial charge >= 0.3 is 0 Å². The zero-order valence-electron chi connectivity index (χ0n) is 13.9. The molecule has 2 heteroatoms. The molecule has 1 heterocycles.